The fourth-order valence-corrected chi connectivity index (χ4v) is 1.88. The Hall–Kier alpha value is -2.55. The molecule has 3 heteroatoms. The number of aryl methyl sites for hydroxylation is 2. The molecule has 0 radical (unpaired) electrons. The maximum atomic E-state index is 7.86. The van der Waals surface area contributed by atoms with Crippen LogP contribution in [0.2, 0.25) is 0 Å². The van der Waals surface area contributed by atoms with E-state index in [2.05, 4.69) is 48.1 Å². The largest absolute Gasteiger partial charge is 0.306 e. The molecule has 22 heavy (non-hydrogen) atoms. The monoisotopic (exact) mass is 291 g/mol. The Kier molecular flexibility index (Phi) is 5.78. The van der Waals surface area contributed by atoms with Crippen LogP contribution in [0.1, 0.15) is 22.3 Å². The number of nitrogens with zero attached hydrogens (tertiary/aromatic N) is 2. The molecule has 0 aliphatic carbocycles. The van der Waals surface area contributed by atoms with Gasteiger partial charge in [-0.1, -0.05) is 59.7 Å². The lowest BCUT2D eigenvalue weighted by Crippen LogP contribution is -2.06. The van der Waals surface area contributed by atoms with Crippen molar-refractivity contribution in [1.29, 1.82) is 5.41 Å². The predicted molar refractivity (Wildman–Crippen MR) is 95.0 cm³/mol. The summed E-state index contributed by atoms with van der Waals surface area (Å²) in [6.07, 6.45) is 3.61. The van der Waals surface area contributed by atoms with Gasteiger partial charge in [-0.15, -0.1) is 0 Å². The third kappa shape index (κ3) is 5.44. The second-order valence-corrected chi connectivity index (χ2v) is 5.36. The van der Waals surface area contributed by atoms with Gasteiger partial charge in [0.2, 0.25) is 0 Å². The summed E-state index contributed by atoms with van der Waals surface area (Å²) in [5, 5.41) is 7.86. The van der Waals surface area contributed by atoms with Gasteiger partial charge in [0.1, 0.15) is 0 Å². The fraction of sp³-hybridized carbons (Fsp3) is 0.211. The van der Waals surface area contributed by atoms with Gasteiger partial charge in [-0.2, -0.15) is 0 Å². The van der Waals surface area contributed by atoms with Crippen LogP contribution in [0, 0.1) is 19.3 Å². The third-order valence-corrected chi connectivity index (χ3v) is 3.20. The second kappa shape index (κ2) is 8.03. The van der Waals surface area contributed by atoms with Crippen LogP contribution in [0.15, 0.2) is 58.5 Å². The minimum absolute atomic E-state index is 0.388. The number of benzene rings is 2. The lowest BCUT2D eigenvalue weighted by Gasteiger charge is -1.97. The molecule has 112 valence electrons. The maximum absolute atomic E-state index is 7.86. The van der Waals surface area contributed by atoms with Gasteiger partial charge in [-0.25, -0.2) is 0 Å². The summed E-state index contributed by atoms with van der Waals surface area (Å²) in [5.74, 6) is 0. The van der Waals surface area contributed by atoms with E-state index in [9.17, 15) is 0 Å². The number of hydrogen-bond acceptors (Lipinski definition) is 3. The van der Waals surface area contributed by atoms with E-state index in [1.165, 1.54) is 11.1 Å². The van der Waals surface area contributed by atoms with Crippen LogP contribution >= 0.6 is 0 Å². The summed E-state index contributed by atoms with van der Waals surface area (Å²) in [6.45, 7) is 4.89. The summed E-state index contributed by atoms with van der Waals surface area (Å²) in [4.78, 5) is 8.57. The molecule has 0 atom stereocenters. The third-order valence-electron chi connectivity index (χ3n) is 3.20. The summed E-state index contributed by atoms with van der Waals surface area (Å²) >= 11 is 0. The molecule has 0 aliphatic rings. The summed E-state index contributed by atoms with van der Waals surface area (Å²) in [7, 11) is 0. The van der Waals surface area contributed by atoms with Crippen LogP contribution in [-0.4, -0.2) is 31.2 Å². The minimum atomic E-state index is 0.388. The Labute approximate surface area is 132 Å². The highest BCUT2D eigenvalue weighted by atomic mass is 14.8. The van der Waals surface area contributed by atoms with Crippen LogP contribution < -0.4 is 0 Å². The SMILES string of the molecule is Cc1ccc(C=NCC(=N)CN=Cc2ccc(C)cc2)cc1. The van der Waals surface area contributed by atoms with E-state index in [-0.39, 0.29) is 0 Å². The second-order valence-electron chi connectivity index (χ2n) is 5.36. The smallest absolute Gasteiger partial charge is 0.0784 e. The van der Waals surface area contributed by atoms with E-state index < -0.39 is 0 Å². The standard InChI is InChI=1S/C19H21N3/c1-15-3-7-17(8-4-15)11-21-13-19(20)14-22-12-18-9-5-16(2)6-10-18/h3-12,20H,13-14H2,1-2H3. The first-order valence-electron chi connectivity index (χ1n) is 7.33. The molecule has 1 N–H and O–H groups in total. The highest BCUT2D eigenvalue weighted by Gasteiger charge is 1.93. The molecule has 0 saturated heterocycles. The van der Waals surface area contributed by atoms with Crippen molar-refractivity contribution in [1.82, 2.24) is 0 Å². The van der Waals surface area contributed by atoms with Gasteiger partial charge in [-0.05, 0) is 25.0 Å². The van der Waals surface area contributed by atoms with Crippen LogP contribution in [0.3, 0.4) is 0 Å². The van der Waals surface area contributed by atoms with Gasteiger partial charge in [0.05, 0.1) is 18.8 Å². The zero-order valence-electron chi connectivity index (χ0n) is 13.1. The van der Waals surface area contributed by atoms with Crippen molar-refractivity contribution in [3.8, 4) is 0 Å². The quantitative estimate of drug-likeness (QED) is 0.786. The van der Waals surface area contributed by atoms with Crippen molar-refractivity contribution >= 4 is 18.1 Å². The van der Waals surface area contributed by atoms with E-state index in [4.69, 9.17) is 5.41 Å². The predicted octanol–water partition coefficient (Wildman–Crippen LogP) is 3.86. The van der Waals surface area contributed by atoms with Crippen molar-refractivity contribution in [3.05, 3.63) is 70.8 Å². The van der Waals surface area contributed by atoms with Crippen LogP contribution in [0.25, 0.3) is 0 Å². The zero-order valence-corrected chi connectivity index (χ0v) is 13.1. The van der Waals surface area contributed by atoms with Gasteiger partial charge in [-0.3, -0.25) is 9.98 Å². The first-order chi connectivity index (χ1) is 10.6. The van der Waals surface area contributed by atoms with Gasteiger partial charge in [0.15, 0.2) is 0 Å². The number of rotatable bonds is 6. The average Bonchev–Trinajstić information content (AvgIpc) is 2.51. The number of aliphatic imine (C=N–C) groups is 2. The highest BCUT2D eigenvalue weighted by molar-refractivity contribution is 5.90. The molecule has 0 spiro atoms. The minimum Gasteiger partial charge on any atom is -0.306 e. The Morgan fingerprint density at radius 1 is 0.773 bits per heavy atom. The number of hydrogen-bond donors (Lipinski definition) is 1. The molecule has 0 aliphatic heterocycles. The molecular formula is C19H21N3. The van der Waals surface area contributed by atoms with Crippen molar-refractivity contribution in [3.63, 3.8) is 0 Å². The van der Waals surface area contributed by atoms with Crippen LogP contribution in [0.5, 0.6) is 0 Å². The van der Waals surface area contributed by atoms with E-state index in [0.29, 0.717) is 18.8 Å². The van der Waals surface area contributed by atoms with Gasteiger partial charge in [0.25, 0.3) is 0 Å². The van der Waals surface area contributed by atoms with Gasteiger partial charge in [0, 0.05) is 12.4 Å². The first-order valence-corrected chi connectivity index (χ1v) is 7.33. The Morgan fingerprint density at radius 2 is 1.14 bits per heavy atom. The van der Waals surface area contributed by atoms with E-state index in [0.717, 1.165) is 11.1 Å². The van der Waals surface area contributed by atoms with E-state index in [1.807, 2.05) is 24.3 Å². The Balaban J connectivity index is 1.78. The normalized spacial score (nSPS) is 11.4. The summed E-state index contributed by atoms with van der Waals surface area (Å²) in [5.41, 5.74) is 5.08. The van der Waals surface area contributed by atoms with Crippen molar-refractivity contribution in [2.24, 2.45) is 9.98 Å². The van der Waals surface area contributed by atoms with E-state index >= 15 is 0 Å². The van der Waals surface area contributed by atoms with Crippen LogP contribution in [0.4, 0.5) is 0 Å². The molecule has 0 fully saturated rings. The summed E-state index contributed by atoms with van der Waals surface area (Å²) < 4.78 is 0. The molecule has 0 saturated carbocycles. The molecule has 0 unspecified atom stereocenters. The fourth-order valence-electron chi connectivity index (χ4n) is 1.88. The maximum Gasteiger partial charge on any atom is 0.0784 e. The molecular weight excluding hydrogens is 270 g/mol. The zero-order chi connectivity index (χ0) is 15.8. The Morgan fingerprint density at radius 3 is 1.50 bits per heavy atom. The topological polar surface area (TPSA) is 48.6 Å². The Bertz CT molecular complexity index is 605. The first kappa shape index (κ1) is 15.8. The van der Waals surface area contributed by atoms with Crippen molar-refractivity contribution in [2.75, 3.05) is 13.1 Å². The molecule has 0 amide bonds. The molecule has 0 aromatic heterocycles. The molecule has 2 rings (SSSR count). The molecule has 0 heterocycles. The van der Waals surface area contributed by atoms with Crippen molar-refractivity contribution < 1.29 is 0 Å². The highest BCUT2D eigenvalue weighted by Crippen LogP contribution is 2.01. The van der Waals surface area contributed by atoms with Crippen molar-refractivity contribution in [2.45, 2.75) is 13.8 Å². The van der Waals surface area contributed by atoms with Gasteiger partial charge < -0.3 is 5.41 Å². The van der Waals surface area contributed by atoms with Crippen LogP contribution in [-0.2, 0) is 0 Å². The average molecular weight is 291 g/mol. The van der Waals surface area contributed by atoms with E-state index in [1.54, 1.807) is 12.4 Å². The molecule has 2 aromatic rings. The lowest BCUT2D eigenvalue weighted by atomic mass is 10.2. The molecule has 2 aromatic carbocycles. The lowest BCUT2D eigenvalue weighted by molar-refractivity contribution is 1.17. The molecule has 0 bridgehead atoms. The van der Waals surface area contributed by atoms with Gasteiger partial charge >= 0.3 is 0 Å². The number of nitrogens with one attached hydrogen (secondary N) is 1. The summed E-state index contributed by atoms with van der Waals surface area (Å²) in [6, 6.07) is 16.3. The molecule has 3 nitrogen and oxygen atoms in total.